The summed E-state index contributed by atoms with van der Waals surface area (Å²) in [7, 11) is 1.50. The Morgan fingerprint density at radius 1 is 0.944 bits per heavy atom. The molecule has 2 aromatic heterocycles. The molecule has 1 amide bonds. The van der Waals surface area contributed by atoms with E-state index >= 15 is 0 Å². The second-order valence-electron chi connectivity index (χ2n) is 8.45. The van der Waals surface area contributed by atoms with Crippen molar-refractivity contribution in [3.8, 4) is 28.5 Å². The molecule has 0 spiro atoms. The zero-order valence-electron chi connectivity index (χ0n) is 19.5. The quantitative estimate of drug-likeness (QED) is 0.402. The maximum atomic E-state index is 13.1. The summed E-state index contributed by atoms with van der Waals surface area (Å²) in [5.74, 6) is 2.24. The summed E-state index contributed by atoms with van der Waals surface area (Å²) in [6.07, 6.45) is 0. The summed E-state index contributed by atoms with van der Waals surface area (Å²) >= 11 is 0. The molecule has 0 N–H and O–H groups in total. The average molecular weight is 486 g/mol. The highest BCUT2D eigenvalue weighted by Crippen LogP contribution is 2.35. The lowest BCUT2D eigenvalue weighted by molar-refractivity contribution is 0.0742. The van der Waals surface area contributed by atoms with Gasteiger partial charge >= 0.3 is 5.63 Å². The highest BCUT2D eigenvalue weighted by atomic mass is 16.7. The number of para-hydroxylation sites is 1. The zero-order chi connectivity index (χ0) is 24.6. The van der Waals surface area contributed by atoms with Crippen LogP contribution in [0.15, 0.2) is 63.8 Å². The molecule has 0 saturated carbocycles. The molecule has 4 aromatic rings. The minimum absolute atomic E-state index is 0.0112. The van der Waals surface area contributed by atoms with E-state index in [-0.39, 0.29) is 18.3 Å². The van der Waals surface area contributed by atoms with Crippen molar-refractivity contribution in [2.24, 2.45) is 0 Å². The van der Waals surface area contributed by atoms with E-state index in [1.165, 1.54) is 7.11 Å². The molecule has 1 fully saturated rings. The van der Waals surface area contributed by atoms with E-state index in [1.54, 1.807) is 29.2 Å². The average Bonchev–Trinajstić information content (AvgIpc) is 3.40. The van der Waals surface area contributed by atoms with Crippen LogP contribution in [0.3, 0.4) is 0 Å². The molecule has 2 aromatic carbocycles. The van der Waals surface area contributed by atoms with Crippen molar-refractivity contribution in [2.75, 3.05) is 45.0 Å². The second-order valence-corrected chi connectivity index (χ2v) is 8.45. The standard InChI is InChI=1S/C26H22N4O6/c1-33-21-4-2-3-17-13-18(26(32)36-24(17)21)25(31)30-11-9-29(10-12-30)23-8-6-19(27-28-23)16-5-7-20-22(14-16)35-15-34-20/h2-8,13-14H,9-12,15H2,1H3. The number of rotatable bonds is 4. The van der Waals surface area contributed by atoms with E-state index in [9.17, 15) is 9.59 Å². The Morgan fingerprint density at radius 2 is 1.78 bits per heavy atom. The van der Waals surface area contributed by atoms with Gasteiger partial charge in [0.15, 0.2) is 28.6 Å². The fourth-order valence-electron chi connectivity index (χ4n) is 4.44. The predicted molar refractivity (Wildman–Crippen MR) is 131 cm³/mol. The van der Waals surface area contributed by atoms with Crippen molar-refractivity contribution in [3.63, 3.8) is 0 Å². The van der Waals surface area contributed by atoms with Gasteiger partial charge in [0.05, 0.1) is 12.8 Å². The lowest BCUT2D eigenvalue weighted by Gasteiger charge is -2.35. The van der Waals surface area contributed by atoms with Crippen LogP contribution in [0.25, 0.3) is 22.2 Å². The Bertz CT molecular complexity index is 1510. The normalized spacial score (nSPS) is 14.8. The summed E-state index contributed by atoms with van der Waals surface area (Å²) in [4.78, 5) is 29.4. The largest absolute Gasteiger partial charge is 0.493 e. The summed E-state index contributed by atoms with van der Waals surface area (Å²) in [6.45, 7) is 2.24. The monoisotopic (exact) mass is 486 g/mol. The number of methoxy groups -OCH3 is 1. The molecule has 0 bridgehead atoms. The molecular weight excluding hydrogens is 464 g/mol. The summed E-state index contributed by atoms with van der Waals surface area (Å²) in [6, 6.07) is 16.3. The van der Waals surface area contributed by atoms with Crippen molar-refractivity contribution in [1.29, 1.82) is 0 Å². The van der Waals surface area contributed by atoms with Crippen LogP contribution in [0.2, 0.25) is 0 Å². The topological polar surface area (TPSA) is 107 Å². The van der Waals surface area contributed by atoms with Crippen LogP contribution in [-0.2, 0) is 0 Å². The number of carbonyl (C=O) groups is 1. The van der Waals surface area contributed by atoms with Gasteiger partial charge in [0.1, 0.15) is 5.56 Å². The third-order valence-corrected chi connectivity index (χ3v) is 6.38. The molecule has 0 aliphatic carbocycles. The second kappa shape index (κ2) is 8.88. The van der Waals surface area contributed by atoms with Crippen molar-refractivity contribution in [3.05, 3.63) is 70.6 Å². The van der Waals surface area contributed by atoms with Crippen molar-refractivity contribution >= 4 is 22.7 Å². The van der Waals surface area contributed by atoms with Crippen molar-refractivity contribution in [2.45, 2.75) is 0 Å². The number of aromatic nitrogens is 2. The molecule has 182 valence electrons. The Kier molecular flexibility index (Phi) is 5.40. The van der Waals surface area contributed by atoms with E-state index in [0.29, 0.717) is 48.6 Å². The fraction of sp³-hybridized carbons (Fsp3) is 0.231. The van der Waals surface area contributed by atoms with Gasteiger partial charge in [-0.3, -0.25) is 4.79 Å². The van der Waals surface area contributed by atoms with Gasteiger partial charge in [-0.05, 0) is 42.5 Å². The lowest BCUT2D eigenvalue weighted by Crippen LogP contribution is -2.49. The number of hydrogen-bond acceptors (Lipinski definition) is 9. The first-order chi connectivity index (χ1) is 17.6. The maximum Gasteiger partial charge on any atom is 0.349 e. The Balaban J connectivity index is 1.14. The molecule has 10 nitrogen and oxygen atoms in total. The third-order valence-electron chi connectivity index (χ3n) is 6.38. The highest BCUT2D eigenvalue weighted by molar-refractivity contribution is 5.97. The van der Waals surface area contributed by atoms with Gasteiger partial charge in [-0.1, -0.05) is 12.1 Å². The third kappa shape index (κ3) is 3.86. The van der Waals surface area contributed by atoms with Gasteiger partial charge in [0.2, 0.25) is 6.79 Å². The molecule has 2 aliphatic heterocycles. The van der Waals surface area contributed by atoms with Gasteiger partial charge in [-0.2, -0.15) is 0 Å². The minimum Gasteiger partial charge on any atom is -0.493 e. The molecule has 6 rings (SSSR count). The Hall–Kier alpha value is -4.60. The minimum atomic E-state index is -0.676. The smallest absolute Gasteiger partial charge is 0.349 e. The number of carbonyl (C=O) groups excluding carboxylic acids is 1. The highest BCUT2D eigenvalue weighted by Gasteiger charge is 2.26. The van der Waals surface area contributed by atoms with Crippen LogP contribution in [0.1, 0.15) is 10.4 Å². The van der Waals surface area contributed by atoms with Gasteiger partial charge in [-0.15, -0.1) is 10.2 Å². The fourth-order valence-corrected chi connectivity index (χ4v) is 4.44. The van der Waals surface area contributed by atoms with Crippen molar-refractivity contribution in [1.82, 2.24) is 15.1 Å². The van der Waals surface area contributed by atoms with Gasteiger partial charge in [0, 0.05) is 37.1 Å². The van der Waals surface area contributed by atoms with E-state index in [4.69, 9.17) is 18.6 Å². The summed E-state index contributed by atoms with van der Waals surface area (Å²) in [5.41, 5.74) is 1.28. The van der Waals surface area contributed by atoms with Crippen LogP contribution in [-0.4, -0.2) is 61.1 Å². The maximum absolute atomic E-state index is 13.1. The van der Waals surface area contributed by atoms with Crippen LogP contribution < -0.4 is 24.7 Å². The SMILES string of the molecule is COc1cccc2cc(C(=O)N3CCN(c4ccc(-c5ccc6c(c5)OCO6)nn4)CC3)c(=O)oc12. The number of hydrogen-bond donors (Lipinski definition) is 0. The summed E-state index contributed by atoms with van der Waals surface area (Å²) < 4.78 is 21.5. The number of amides is 1. The Morgan fingerprint density at radius 3 is 2.56 bits per heavy atom. The molecule has 36 heavy (non-hydrogen) atoms. The molecular formula is C26H22N4O6. The number of anilines is 1. The van der Waals surface area contributed by atoms with E-state index in [1.807, 2.05) is 30.3 Å². The van der Waals surface area contributed by atoms with Crippen LogP contribution >= 0.6 is 0 Å². The van der Waals surface area contributed by atoms with Gasteiger partial charge in [-0.25, -0.2) is 4.79 Å². The molecule has 4 heterocycles. The molecule has 0 radical (unpaired) electrons. The number of benzene rings is 2. The molecule has 1 saturated heterocycles. The molecule has 0 atom stereocenters. The molecule has 2 aliphatic rings. The van der Waals surface area contributed by atoms with E-state index in [2.05, 4.69) is 15.1 Å². The number of nitrogens with zero attached hydrogens (tertiary/aromatic N) is 4. The number of ether oxygens (including phenoxy) is 3. The van der Waals surface area contributed by atoms with Gasteiger partial charge in [0.25, 0.3) is 5.91 Å². The first kappa shape index (κ1) is 21.9. The number of piperazine rings is 1. The first-order valence-electron chi connectivity index (χ1n) is 11.5. The van der Waals surface area contributed by atoms with Gasteiger partial charge < -0.3 is 28.4 Å². The first-order valence-corrected chi connectivity index (χ1v) is 11.5. The molecule has 10 heteroatoms. The summed E-state index contributed by atoms with van der Waals surface area (Å²) in [5, 5.41) is 9.40. The lowest BCUT2D eigenvalue weighted by atomic mass is 10.1. The molecule has 0 unspecified atom stereocenters. The van der Waals surface area contributed by atoms with E-state index in [0.717, 1.165) is 22.8 Å². The van der Waals surface area contributed by atoms with Crippen LogP contribution in [0, 0.1) is 0 Å². The number of fused-ring (bicyclic) bond motifs is 2. The van der Waals surface area contributed by atoms with Crippen molar-refractivity contribution < 1.29 is 23.4 Å². The van der Waals surface area contributed by atoms with Crippen LogP contribution in [0.4, 0.5) is 5.82 Å². The van der Waals surface area contributed by atoms with Crippen LogP contribution in [0.5, 0.6) is 17.2 Å². The predicted octanol–water partition coefficient (Wildman–Crippen LogP) is 2.95. The Labute approximate surface area is 205 Å². The van der Waals surface area contributed by atoms with E-state index < -0.39 is 5.63 Å². The zero-order valence-corrected chi connectivity index (χ0v) is 19.5.